The van der Waals surface area contributed by atoms with Crippen molar-refractivity contribution < 1.29 is 19.6 Å². The van der Waals surface area contributed by atoms with Gasteiger partial charge in [-0.25, -0.2) is 4.79 Å². The highest BCUT2D eigenvalue weighted by Crippen LogP contribution is 2.25. The minimum Gasteiger partial charge on any atom is -0.479 e. The molecule has 0 fully saturated rings. The lowest BCUT2D eigenvalue weighted by atomic mass is 10.1. The molecule has 1 heterocycles. The van der Waals surface area contributed by atoms with E-state index in [4.69, 9.17) is 0 Å². The van der Waals surface area contributed by atoms with Gasteiger partial charge in [-0.3, -0.25) is 14.9 Å². The van der Waals surface area contributed by atoms with Crippen LogP contribution in [-0.2, 0) is 4.79 Å². The van der Waals surface area contributed by atoms with E-state index in [9.17, 15) is 24.8 Å². The van der Waals surface area contributed by atoms with Crippen molar-refractivity contribution in [2.75, 3.05) is 0 Å². The Morgan fingerprint density at radius 2 is 1.92 bits per heavy atom. The van der Waals surface area contributed by atoms with Crippen LogP contribution in [0, 0.1) is 10.1 Å². The molecule has 1 unspecified atom stereocenters. The minimum atomic E-state index is -1.29. The predicted molar refractivity (Wildman–Crippen MR) is 89.2 cm³/mol. The first-order valence-electron chi connectivity index (χ1n) is 7.31. The Bertz CT molecular complexity index is 979. The summed E-state index contributed by atoms with van der Waals surface area (Å²) in [6.07, 6.45) is 1.52. The van der Waals surface area contributed by atoms with E-state index in [0.717, 1.165) is 11.6 Å². The van der Waals surface area contributed by atoms with Crippen molar-refractivity contribution in [2.45, 2.75) is 6.04 Å². The predicted octanol–water partition coefficient (Wildman–Crippen LogP) is 2.63. The lowest BCUT2D eigenvalue weighted by molar-refractivity contribution is -0.384. The molecule has 8 heteroatoms. The molecule has 25 heavy (non-hydrogen) atoms. The second kappa shape index (κ2) is 6.44. The molecule has 3 aromatic rings. The molecule has 0 radical (unpaired) electrons. The zero-order valence-electron chi connectivity index (χ0n) is 12.8. The van der Waals surface area contributed by atoms with Gasteiger partial charge < -0.3 is 15.4 Å². The third-order valence-corrected chi connectivity index (χ3v) is 3.77. The third-order valence-electron chi connectivity index (χ3n) is 3.77. The topological polar surface area (TPSA) is 125 Å². The number of aromatic nitrogens is 1. The van der Waals surface area contributed by atoms with Crippen molar-refractivity contribution >= 4 is 28.5 Å². The van der Waals surface area contributed by atoms with E-state index < -0.39 is 22.8 Å². The van der Waals surface area contributed by atoms with Crippen molar-refractivity contribution in [1.29, 1.82) is 0 Å². The SMILES string of the molecule is O=C(NC(C(=O)O)c1c[nH]c2ccccc12)c1cccc([N+](=O)[O-])c1. The molecular formula is C17H13N3O5. The van der Waals surface area contributed by atoms with Crippen LogP contribution in [0.2, 0.25) is 0 Å². The first-order valence-corrected chi connectivity index (χ1v) is 7.31. The first kappa shape index (κ1) is 16.2. The molecule has 0 aliphatic heterocycles. The summed E-state index contributed by atoms with van der Waals surface area (Å²) in [7, 11) is 0. The van der Waals surface area contributed by atoms with Crippen LogP contribution in [0.15, 0.2) is 54.7 Å². The van der Waals surface area contributed by atoms with Crippen LogP contribution >= 0.6 is 0 Å². The number of benzene rings is 2. The van der Waals surface area contributed by atoms with Gasteiger partial charge >= 0.3 is 5.97 Å². The van der Waals surface area contributed by atoms with Gasteiger partial charge in [-0.15, -0.1) is 0 Å². The summed E-state index contributed by atoms with van der Waals surface area (Å²) >= 11 is 0. The number of hydrogen-bond donors (Lipinski definition) is 3. The smallest absolute Gasteiger partial charge is 0.331 e. The summed E-state index contributed by atoms with van der Waals surface area (Å²) in [6.45, 7) is 0. The summed E-state index contributed by atoms with van der Waals surface area (Å²) in [5, 5.41) is 23.4. The normalized spacial score (nSPS) is 11.8. The largest absolute Gasteiger partial charge is 0.479 e. The fraction of sp³-hybridized carbons (Fsp3) is 0.0588. The van der Waals surface area contributed by atoms with Crippen molar-refractivity contribution in [2.24, 2.45) is 0 Å². The van der Waals surface area contributed by atoms with Crippen molar-refractivity contribution in [3.8, 4) is 0 Å². The number of amides is 1. The molecule has 1 aromatic heterocycles. The van der Waals surface area contributed by atoms with E-state index in [1.807, 2.05) is 0 Å². The summed E-state index contributed by atoms with van der Waals surface area (Å²) in [5.41, 5.74) is 0.919. The molecule has 0 aliphatic carbocycles. The molecule has 1 amide bonds. The Kier molecular flexibility index (Phi) is 4.17. The van der Waals surface area contributed by atoms with E-state index in [0.29, 0.717) is 10.9 Å². The maximum atomic E-state index is 12.4. The van der Waals surface area contributed by atoms with Gasteiger partial charge in [0, 0.05) is 40.4 Å². The molecule has 3 N–H and O–H groups in total. The summed E-state index contributed by atoms with van der Waals surface area (Å²) < 4.78 is 0. The number of carboxylic acid groups (broad SMARTS) is 1. The number of aliphatic carboxylic acids is 1. The number of nitrogens with one attached hydrogen (secondary N) is 2. The van der Waals surface area contributed by atoms with Gasteiger partial charge in [0.25, 0.3) is 11.6 Å². The van der Waals surface area contributed by atoms with E-state index in [1.54, 1.807) is 24.3 Å². The van der Waals surface area contributed by atoms with Gasteiger partial charge in [0.2, 0.25) is 0 Å². The number of nitro groups is 1. The van der Waals surface area contributed by atoms with Crippen molar-refractivity contribution in [1.82, 2.24) is 10.3 Å². The number of nitrogens with zero attached hydrogens (tertiary/aromatic N) is 1. The average molecular weight is 339 g/mol. The molecule has 0 spiro atoms. The van der Waals surface area contributed by atoms with Crippen molar-refractivity contribution in [3.05, 3.63) is 76.0 Å². The van der Waals surface area contributed by atoms with E-state index in [1.165, 1.54) is 24.4 Å². The quantitative estimate of drug-likeness (QED) is 0.487. The molecule has 0 saturated carbocycles. The van der Waals surface area contributed by atoms with Gasteiger partial charge in [-0.05, 0) is 12.1 Å². The van der Waals surface area contributed by atoms with Crippen LogP contribution in [0.5, 0.6) is 0 Å². The number of H-pyrrole nitrogens is 1. The lowest BCUT2D eigenvalue weighted by Crippen LogP contribution is -2.33. The standard InChI is InChI=1S/C17H13N3O5/c21-16(10-4-3-5-11(8-10)20(24)25)19-15(17(22)23)13-9-18-14-7-2-1-6-12(13)14/h1-9,15,18H,(H,19,21)(H,22,23). The van der Waals surface area contributed by atoms with E-state index in [-0.39, 0.29) is 11.3 Å². The highest BCUT2D eigenvalue weighted by atomic mass is 16.6. The monoisotopic (exact) mass is 339 g/mol. The molecule has 0 aliphatic rings. The molecule has 126 valence electrons. The Labute approximate surface area is 141 Å². The number of fused-ring (bicyclic) bond motifs is 1. The van der Waals surface area contributed by atoms with Gasteiger partial charge in [-0.2, -0.15) is 0 Å². The summed E-state index contributed by atoms with van der Waals surface area (Å²) in [6, 6.07) is 10.9. The number of non-ortho nitro benzene ring substituents is 1. The molecule has 0 bridgehead atoms. The lowest BCUT2D eigenvalue weighted by Gasteiger charge is -2.14. The van der Waals surface area contributed by atoms with Gasteiger partial charge in [0.05, 0.1) is 4.92 Å². The fourth-order valence-corrected chi connectivity index (χ4v) is 2.58. The Morgan fingerprint density at radius 3 is 2.64 bits per heavy atom. The molecule has 2 aromatic carbocycles. The highest BCUT2D eigenvalue weighted by molar-refractivity contribution is 5.98. The highest BCUT2D eigenvalue weighted by Gasteiger charge is 2.25. The number of nitro benzene ring substituents is 1. The number of para-hydroxylation sites is 1. The van der Waals surface area contributed by atoms with Gasteiger partial charge in [0.1, 0.15) is 0 Å². The summed E-state index contributed by atoms with van der Waals surface area (Å²) in [4.78, 5) is 37.2. The second-order valence-electron chi connectivity index (χ2n) is 5.34. The van der Waals surface area contributed by atoms with E-state index in [2.05, 4.69) is 10.3 Å². The number of carboxylic acids is 1. The van der Waals surface area contributed by atoms with Gasteiger partial charge in [-0.1, -0.05) is 24.3 Å². The maximum absolute atomic E-state index is 12.4. The molecule has 8 nitrogen and oxygen atoms in total. The number of carbonyl (C=O) groups is 2. The Morgan fingerprint density at radius 1 is 1.16 bits per heavy atom. The second-order valence-corrected chi connectivity index (χ2v) is 5.34. The van der Waals surface area contributed by atoms with Gasteiger partial charge in [0.15, 0.2) is 6.04 Å². The van der Waals surface area contributed by atoms with Crippen LogP contribution in [-0.4, -0.2) is 26.9 Å². The average Bonchev–Trinajstić information content (AvgIpc) is 3.03. The van der Waals surface area contributed by atoms with Crippen LogP contribution in [0.3, 0.4) is 0 Å². The number of hydrogen-bond acceptors (Lipinski definition) is 4. The Hall–Kier alpha value is -3.68. The summed E-state index contributed by atoms with van der Waals surface area (Å²) in [5.74, 6) is -1.94. The van der Waals surface area contributed by atoms with Crippen LogP contribution in [0.4, 0.5) is 5.69 Å². The zero-order chi connectivity index (χ0) is 18.0. The Balaban J connectivity index is 1.92. The maximum Gasteiger partial charge on any atom is 0.331 e. The fourth-order valence-electron chi connectivity index (χ4n) is 2.58. The molecule has 1 atom stereocenters. The molecule has 0 saturated heterocycles. The zero-order valence-corrected chi connectivity index (χ0v) is 12.8. The van der Waals surface area contributed by atoms with Crippen molar-refractivity contribution in [3.63, 3.8) is 0 Å². The van der Waals surface area contributed by atoms with E-state index >= 15 is 0 Å². The number of rotatable bonds is 5. The molecular weight excluding hydrogens is 326 g/mol. The van der Waals surface area contributed by atoms with Crippen LogP contribution in [0.1, 0.15) is 22.0 Å². The number of carbonyl (C=O) groups excluding carboxylic acids is 1. The number of aromatic amines is 1. The molecule has 3 rings (SSSR count). The van der Waals surface area contributed by atoms with Crippen LogP contribution in [0.25, 0.3) is 10.9 Å². The minimum absolute atomic E-state index is 0.0142. The first-order chi connectivity index (χ1) is 12.0. The third kappa shape index (κ3) is 3.18. The van der Waals surface area contributed by atoms with Crippen LogP contribution < -0.4 is 5.32 Å².